The number of hydrogen-bond donors (Lipinski definition) is 1. The number of rotatable bonds is 4. The Morgan fingerprint density at radius 1 is 1.32 bits per heavy atom. The van der Waals surface area contributed by atoms with Gasteiger partial charge in [-0.25, -0.2) is 8.42 Å². The second-order valence-corrected chi connectivity index (χ2v) is 7.54. The lowest BCUT2D eigenvalue weighted by Gasteiger charge is -2.28. The first-order valence-corrected chi connectivity index (χ1v) is 8.10. The highest BCUT2D eigenvalue weighted by Gasteiger charge is 2.36. The third kappa shape index (κ3) is 3.11. The van der Waals surface area contributed by atoms with Gasteiger partial charge in [-0.1, -0.05) is 36.6 Å². The first-order valence-electron chi connectivity index (χ1n) is 6.28. The van der Waals surface area contributed by atoms with E-state index in [1.54, 1.807) is 18.2 Å². The number of nitrogens with zero attached hydrogens (tertiary/aromatic N) is 1. The third-order valence-electron chi connectivity index (χ3n) is 3.58. The lowest BCUT2D eigenvalue weighted by Crippen LogP contribution is -2.42. The van der Waals surface area contributed by atoms with Crippen LogP contribution in [-0.2, 0) is 10.0 Å². The van der Waals surface area contributed by atoms with Crippen LogP contribution in [0.2, 0.25) is 5.02 Å². The highest BCUT2D eigenvalue weighted by Crippen LogP contribution is 2.32. The molecule has 1 aliphatic carbocycles. The van der Waals surface area contributed by atoms with Gasteiger partial charge in [0.2, 0.25) is 10.0 Å². The Hall–Kier alpha value is -0.620. The maximum absolute atomic E-state index is 12.4. The molecule has 0 unspecified atom stereocenters. The topological polar surface area (TPSA) is 57.6 Å². The Kier molecular flexibility index (Phi) is 4.20. The molecule has 0 saturated heterocycles. The standard InChI is InChI=1S/C13H18ClNO3S/c1-15(10-13(16)8-4-5-9-13)19(17,18)12-7-3-2-6-11(12)14/h2-3,6-7,16H,4-5,8-10H2,1H3. The molecule has 0 aromatic heterocycles. The molecule has 1 saturated carbocycles. The van der Waals surface area contributed by atoms with E-state index in [1.807, 2.05) is 0 Å². The van der Waals surface area contributed by atoms with Crippen molar-refractivity contribution >= 4 is 21.6 Å². The van der Waals surface area contributed by atoms with E-state index < -0.39 is 15.6 Å². The molecule has 0 spiro atoms. The molecule has 106 valence electrons. The van der Waals surface area contributed by atoms with E-state index in [9.17, 15) is 13.5 Å². The molecule has 1 aromatic rings. The summed E-state index contributed by atoms with van der Waals surface area (Å²) in [5.41, 5.74) is -0.900. The summed E-state index contributed by atoms with van der Waals surface area (Å²) >= 11 is 5.94. The molecule has 1 aromatic carbocycles. The summed E-state index contributed by atoms with van der Waals surface area (Å²) in [4.78, 5) is 0.0840. The summed E-state index contributed by atoms with van der Waals surface area (Å²) < 4.78 is 26.0. The van der Waals surface area contributed by atoms with Crippen molar-refractivity contribution in [2.24, 2.45) is 0 Å². The third-order valence-corrected chi connectivity index (χ3v) is 5.88. The van der Waals surface area contributed by atoms with Gasteiger partial charge in [0, 0.05) is 13.6 Å². The second kappa shape index (κ2) is 5.40. The van der Waals surface area contributed by atoms with Crippen LogP contribution in [0.25, 0.3) is 0 Å². The summed E-state index contributed by atoms with van der Waals surface area (Å²) in [7, 11) is -2.17. The molecular weight excluding hydrogens is 286 g/mol. The normalized spacial score (nSPS) is 18.9. The van der Waals surface area contributed by atoms with Gasteiger partial charge in [0.25, 0.3) is 0 Å². The number of halogens is 1. The molecule has 0 amide bonds. The molecule has 0 radical (unpaired) electrons. The maximum Gasteiger partial charge on any atom is 0.244 e. The van der Waals surface area contributed by atoms with Crippen molar-refractivity contribution in [3.05, 3.63) is 29.3 Å². The van der Waals surface area contributed by atoms with Gasteiger partial charge in [-0.05, 0) is 25.0 Å². The van der Waals surface area contributed by atoms with Crippen molar-refractivity contribution in [3.63, 3.8) is 0 Å². The van der Waals surface area contributed by atoms with Crippen LogP contribution in [0.5, 0.6) is 0 Å². The van der Waals surface area contributed by atoms with Gasteiger partial charge in [0.05, 0.1) is 10.6 Å². The summed E-state index contributed by atoms with van der Waals surface area (Å²) in [5.74, 6) is 0. The van der Waals surface area contributed by atoms with Gasteiger partial charge in [0.1, 0.15) is 4.90 Å². The number of hydrogen-bond acceptors (Lipinski definition) is 3. The fraction of sp³-hybridized carbons (Fsp3) is 0.538. The average molecular weight is 304 g/mol. The maximum atomic E-state index is 12.4. The monoisotopic (exact) mass is 303 g/mol. The molecule has 6 heteroatoms. The highest BCUT2D eigenvalue weighted by atomic mass is 35.5. The number of sulfonamides is 1. The lowest BCUT2D eigenvalue weighted by molar-refractivity contribution is 0.0333. The van der Waals surface area contributed by atoms with Crippen LogP contribution in [0.15, 0.2) is 29.2 Å². The van der Waals surface area contributed by atoms with E-state index >= 15 is 0 Å². The second-order valence-electron chi connectivity index (χ2n) is 5.12. The summed E-state index contributed by atoms with van der Waals surface area (Å²) in [6.07, 6.45) is 3.18. The minimum atomic E-state index is -3.65. The van der Waals surface area contributed by atoms with Crippen molar-refractivity contribution in [2.75, 3.05) is 13.6 Å². The molecular formula is C13H18ClNO3S. The number of likely N-dealkylation sites (N-methyl/N-ethyl adjacent to an activating group) is 1. The number of benzene rings is 1. The van der Waals surface area contributed by atoms with Gasteiger partial charge >= 0.3 is 0 Å². The zero-order chi connectivity index (χ0) is 14.1. The van der Waals surface area contributed by atoms with Gasteiger partial charge in [0.15, 0.2) is 0 Å². The van der Waals surface area contributed by atoms with Gasteiger partial charge < -0.3 is 5.11 Å². The highest BCUT2D eigenvalue weighted by molar-refractivity contribution is 7.89. The van der Waals surface area contributed by atoms with Crippen LogP contribution in [-0.4, -0.2) is 37.0 Å². The van der Waals surface area contributed by atoms with Gasteiger partial charge in [-0.15, -0.1) is 0 Å². The summed E-state index contributed by atoms with van der Waals surface area (Å²) in [6, 6.07) is 6.35. The SMILES string of the molecule is CN(CC1(O)CCCC1)S(=O)(=O)c1ccccc1Cl. The van der Waals surface area contributed by atoms with Crippen molar-refractivity contribution < 1.29 is 13.5 Å². The van der Waals surface area contributed by atoms with Crippen molar-refractivity contribution in [3.8, 4) is 0 Å². The minimum Gasteiger partial charge on any atom is -0.389 e. The van der Waals surface area contributed by atoms with Crippen LogP contribution < -0.4 is 0 Å². The predicted octanol–water partition coefficient (Wildman–Crippen LogP) is 2.27. The number of aliphatic hydroxyl groups is 1. The van der Waals surface area contributed by atoms with Crippen LogP contribution in [0.1, 0.15) is 25.7 Å². The fourth-order valence-electron chi connectivity index (χ4n) is 2.51. The first-order chi connectivity index (χ1) is 8.85. The molecule has 0 atom stereocenters. The fourth-order valence-corrected chi connectivity index (χ4v) is 4.25. The molecule has 1 fully saturated rings. The molecule has 0 heterocycles. The Balaban J connectivity index is 2.22. The zero-order valence-electron chi connectivity index (χ0n) is 10.8. The zero-order valence-corrected chi connectivity index (χ0v) is 12.4. The van der Waals surface area contributed by atoms with E-state index in [2.05, 4.69) is 0 Å². The lowest BCUT2D eigenvalue weighted by atomic mass is 10.0. The molecule has 0 aliphatic heterocycles. The van der Waals surface area contributed by atoms with Crippen LogP contribution in [0.3, 0.4) is 0 Å². The Morgan fingerprint density at radius 2 is 1.89 bits per heavy atom. The average Bonchev–Trinajstić information content (AvgIpc) is 2.76. The Labute approximate surface area is 119 Å². The Bertz CT molecular complexity index is 553. The van der Waals surface area contributed by atoms with Crippen molar-refractivity contribution in [1.82, 2.24) is 4.31 Å². The molecule has 4 nitrogen and oxygen atoms in total. The van der Waals surface area contributed by atoms with Gasteiger partial charge in [-0.3, -0.25) is 0 Å². The van der Waals surface area contributed by atoms with E-state index in [0.717, 1.165) is 12.8 Å². The van der Waals surface area contributed by atoms with Gasteiger partial charge in [-0.2, -0.15) is 4.31 Å². The van der Waals surface area contributed by atoms with Crippen molar-refractivity contribution in [2.45, 2.75) is 36.2 Å². The molecule has 1 aliphatic rings. The molecule has 19 heavy (non-hydrogen) atoms. The largest absolute Gasteiger partial charge is 0.389 e. The van der Waals surface area contributed by atoms with Crippen molar-refractivity contribution in [1.29, 1.82) is 0 Å². The van der Waals surface area contributed by atoms with E-state index in [1.165, 1.54) is 17.4 Å². The summed E-state index contributed by atoms with van der Waals surface area (Å²) in [6.45, 7) is 0.112. The van der Waals surface area contributed by atoms with Crippen LogP contribution >= 0.6 is 11.6 Å². The van der Waals surface area contributed by atoms with E-state index in [0.29, 0.717) is 12.8 Å². The van der Waals surface area contributed by atoms with Crippen LogP contribution in [0, 0.1) is 0 Å². The quantitative estimate of drug-likeness (QED) is 0.928. The summed E-state index contributed by atoms with van der Waals surface area (Å²) in [5, 5.41) is 10.5. The molecule has 2 rings (SSSR count). The molecule has 1 N–H and O–H groups in total. The predicted molar refractivity (Wildman–Crippen MR) is 74.7 cm³/mol. The minimum absolute atomic E-state index is 0.0840. The van der Waals surface area contributed by atoms with Crippen LogP contribution in [0.4, 0.5) is 0 Å². The van der Waals surface area contributed by atoms with E-state index in [4.69, 9.17) is 11.6 Å². The smallest absolute Gasteiger partial charge is 0.244 e. The molecule has 0 bridgehead atoms. The first kappa shape index (κ1) is 14.8. The van der Waals surface area contributed by atoms with E-state index in [-0.39, 0.29) is 16.5 Å². The Morgan fingerprint density at radius 3 is 2.47 bits per heavy atom.